The predicted octanol–water partition coefficient (Wildman–Crippen LogP) is 0.659. The Hall–Kier alpha value is -0.160. The van der Waals surface area contributed by atoms with Crippen molar-refractivity contribution in [1.82, 2.24) is 9.80 Å². The highest BCUT2D eigenvalue weighted by Gasteiger charge is 2.33. The predicted molar refractivity (Wildman–Crippen MR) is 72.7 cm³/mol. The van der Waals surface area contributed by atoms with Crippen molar-refractivity contribution in [3.63, 3.8) is 0 Å². The summed E-state index contributed by atoms with van der Waals surface area (Å²) in [6.45, 7) is 6.53. The van der Waals surface area contributed by atoms with Crippen LogP contribution >= 0.6 is 0 Å². The number of likely N-dealkylation sites (tertiary alicyclic amines) is 1. The van der Waals surface area contributed by atoms with Crippen LogP contribution in [0.4, 0.5) is 0 Å². The molecule has 4 heteroatoms. The minimum Gasteiger partial charge on any atom is -0.396 e. The van der Waals surface area contributed by atoms with Crippen molar-refractivity contribution in [2.24, 2.45) is 11.3 Å². The highest BCUT2D eigenvalue weighted by atomic mass is 16.5. The molecule has 0 aliphatic carbocycles. The number of ether oxygens (including phenoxy) is 1. The van der Waals surface area contributed by atoms with Gasteiger partial charge in [-0.15, -0.1) is 0 Å². The van der Waals surface area contributed by atoms with Gasteiger partial charge < -0.3 is 19.6 Å². The molecule has 2 heterocycles. The molecule has 2 fully saturated rings. The van der Waals surface area contributed by atoms with Crippen LogP contribution in [0, 0.1) is 11.3 Å². The fraction of sp³-hybridized carbons (Fsp3) is 1.00. The molecule has 1 atom stereocenters. The van der Waals surface area contributed by atoms with Crippen LogP contribution in [0.5, 0.6) is 0 Å². The van der Waals surface area contributed by atoms with E-state index in [9.17, 15) is 5.11 Å². The molecule has 0 aromatic rings. The Morgan fingerprint density at radius 3 is 2.67 bits per heavy atom. The molecule has 2 aliphatic heterocycles. The Kier molecular flexibility index (Phi) is 5.01. The Morgan fingerprint density at radius 1 is 1.39 bits per heavy atom. The molecule has 0 radical (unpaired) electrons. The summed E-state index contributed by atoms with van der Waals surface area (Å²) < 4.78 is 5.42. The maximum Gasteiger partial charge on any atom is 0.0501 e. The molecule has 106 valence electrons. The maximum absolute atomic E-state index is 9.70. The van der Waals surface area contributed by atoms with Crippen LogP contribution in [0.15, 0.2) is 0 Å². The average molecular weight is 256 g/mol. The zero-order valence-electron chi connectivity index (χ0n) is 11.9. The SMILES string of the molecule is CN1CCC(CN(C)CC2(CO)CCOCC2)C1. The molecule has 0 bridgehead atoms. The number of hydrogen-bond donors (Lipinski definition) is 1. The van der Waals surface area contributed by atoms with Gasteiger partial charge in [0.2, 0.25) is 0 Å². The smallest absolute Gasteiger partial charge is 0.0501 e. The second-order valence-electron chi connectivity index (χ2n) is 6.38. The summed E-state index contributed by atoms with van der Waals surface area (Å²) in [5.74, 6) is 0.801. The van der Waals surface area contributed by atoms with Crippen molar-refractivity contribution in [1.29, 1.82) is 0 Å². The Morgan fingerprint density at radius 2 is 2.11 bits per heavy atom. The molecule has 0 spiro atoms. The molecule has 0 aromatic heterocycles. The van der Waals surface area contributed by atoms with E-state index in [-0.39, 0.29) is 5.41 Å². The maximum atomic E-state index is 9.70. The molecule has 2 aliphatic rings. The van der Waals surface area contributed by atoms with E-state index in [0.717, 1.165) is 45.1 Å². The zero-order chi connectivity index (χ0) is 13.0. The van der Waals surface area contributed by atoms with Gasteiger partial charge in [-0.25, -0.2) is 0 Å². The van der Waals surface area contributed by atoms with E-state index in [1.807, 2.05) is 0 Å². The van der Waals surface area contributed by atoms with Gasteiger partial charge in [0.05, 0.1) is 6.61 Å². The normalized spacial score (nSPS) is 29.0. The number of aliphatic hydroxyl groups is 1. The molecule has 1 N–H and O–H groups in total. The van der Waals surface area contributed by atoms with Crippen molar-refractivity contribution in [3.05, 3.63) is 0 Å². The minimum absolute atomic E-state index is 0.0809. The van der Waals surface area contributed by atoms with Gasteiger partial charge in [-0.3, -0.25) is 0 Å². The van der Waals surface area contributed by atoms with Gasteiger partial charge >= 0.3 is 0 Å². The van der Waals surface area contributed by atoms with Crippen LogP contribution in [-0.4, -0.2) is 75.0 Å². The summed E-state index contributed by atoms with van der Waals surface area (Å²) in [6, 6.07) is 0. The van der Waals surface area contributed by atoms with Crippen molar-refractivity contribution in [3.8, 4) is 0 Å². The molecule has 0 aromatic carbocycles. The first-order valence-electron chi connectivity index (χ1n) is 7.19. The zero-order valence-corrected chi connectivity index (χ0v) is 11.9. The topological polar surface area (TPSA) is 35.9 Å². The third-order valence-electron chi connectivity index (χ3n) is 4.55. The highest BCUT2D eigenvalue weighted by molar-refractivity contribution is 4.85. The fourth-order valence-electron chi connectivity index (χ4n) is 3.42. The van der Waals surface area contributed by atoms with E-state index in [1.54, 1.807) is 0 Å². The van der Waals surface area contributed by atoms with Crippen LogP contribution in [0.3, 0.4) is 0 Å². The van der Waals surface area contributed by atoms with Gasteiger partial charge in [-0.1, -0.05) is 0 Å². The van der Waals surface area contributed by atoms with Crippen LogP contribution in [0.1, 0.15) is 19.3 Å². The fourth-order valence-corrected chi connectivity index (χ4v) is 3.42. The van der Waals surface area contributed by atoms with Crippen LogP contribution in [-0.2, 0) is 4.74 Å². The number of nitrogens with zero attached hydrogens (tertiary/aromatic N) is 2. The van der Waals surface area contributed by atoms with Crippen LogP contribution in [0.25, 0.3) is 0 Å². The van der Waals surface area contributed by atoms with Gasteiger partial charge in [0, 0.05) is 38.3 Å². The van der Waals surface area contributed by atoms with Crippen molar-refractivity contribution in [2.45, 2.75) is 19.3 Å². The summed E-state index contributed by atoms with van der Waals surface area (Å²) in [6.07, 6.45) is 3.31. The lowest BCUT2D eigenvalue weighted by molar-refractivity contribution is -0.0322. The molecular formula is C14H28N2O2. The van der Waals surface area contributed by atoms with Gasteiger partial charge in [0.15, 0.2) is 0 Å². The van der Waals surface area contributed by atoms with Crippen LogP contribution in [0.2, 0.25) is 0 Å². The molecule has 4 nitrogen and oxygen atoms in total. The molecule has 2 saturated heterocycles. The number of hydrogen-bond acceptors (Lipinski definition) is 4. The lowest BCUT2D eigenvalue weighted by Gasteiger charge is -2.39. The molecule has 0 amide bonds. The van der Waals surface area contributed by atoms with Crippen molar-refractivity contribution in [2.75, 3.05) is 60.1 Å². The quantitative estimate of drug-likeness (QED) is 0.784. The average Bonchev–Trinajstić information content (AvgIpc) is 2.75. The van der Waals surface area contributed by atoms with Gasteiger partial charge in [0.25, 0.3) is 0 Å². The molecular weight excluding hydrogens is 228 g/mol. The molecule has 18 heavy (non-hydrogen) atoms. The van der Waals surface area contributed by atoms with Gasteiger partial charge in [-0.05, 0) is 45.8 Å². The standard InChI is InChI=1S/C14H28N2O2/c1-15-6-3-13(9-15)10-16(2)11-14(12-17)4-7-18-8-5-14/h13,17H,3-12H2,1-2H3. The Labute approximate surface area is 111 Å². The van der Waals surface area contributed by atoms with E-state index in [2.05, 4.69) is 23.9 Å². The van der Waals surface area contributed by atoms with Crippen molar-refractivity contribution >= 4 is 0 Å². The first-order valence-corrected chi connectivity index (χ1v) is 7.19. The molecule has 0 saturated carbocycles. The monoisotopic (exact) mass is 256 g/mol. The largest absolute Gasteiger partial charge is 0.396 e. The third kappa shape index (κ3) is 3.67. The van der Waals surface area contributed by atoms with Gasteiger partial charge in [-0.2, -0.15) is 0 Å². The highest BCUT2D eigenvalue weighted by Crippen LogP contribution is 2.31. The molecule has 1 unspecified atom stereocenters. The summed E-state index contributed by atoms with van der Waals surface area (Å²) >= 11 is 0. The number of aliphatic hydroxyl groups excluding tert-OH is 1. The lowest BCUT2D eigenvalue weighted by Crippen LogP contribution is -2.44. The lowest BCUT2D eigenvalue weighted by atomic mass is 9.80. The summed E-state index contributed by atoms with van der Waals surface area (Å²) in [5.41, 5.74) is 0.0809. The van der Waals surface area contributed by atoms with Gasteiger partial charge in [0.1, 0.15) is 0 Å². The first kappa shape index (κ1) is 14.3. The minimum atomic E-state index is 0.0809. The van der Waals surface area contributed by atoms with Crippen LogP contribution < -0.4 is 0 Å². The van der Waals surface area contributed by atoms with Crippen molar-refractivity contribution < 1.29 is 9.84 Å². The second-order valence-corrected chi connectivity index (χ2v) is 6.38. The summed E-state index contributed by atoms with van der Waals surface area (Å²) in [5, 5.41) is 9.70. The Bertz CT molecular complexity index is 254. The van der Waals surface area contributed by atoms with E-state index < -0.39 is 0 Å². The van der Waals surface area contributed by atoms with E-state index in [4.69, 9.17) is 4.74 Å². The second kappa shape index (κ2) is 6.33. The van der Waals surface area contributed by atoms with E-state index >= 15 is 0 Å². The summed E-state index contributed by atoms with van der Waals surface area (Å²) in [4.78, 5) is 4.83. The summed E-state index contributed by atoms with van der Waals surface area (Å²) in [7, 11) is 4.40. The van der Waals surface area contributed by atoms with E-state index in [1.165, 1.54) is 19.5 Å². The number of rotatable bonds is 5. The molecule has 2 rings (SSSR count). The van der Waals surface area contributed by atoms with E-state index in [0.29, 0.717) is 6.61 Å². The first-order chi connectivity index (χ1) is 8.63. The third-order valence-corrected chi connectivity index (χ3v) is 4.55. The Balaban J connectivity index is 1.79.